The van der Waals surface area contributed by atoms with E-state index in [9.17, 15) is 13.2 Å². The van der Waals surface area contributed by atoms with Crippen LogP contribution in [0.4, 0.5) is 13.2 Å². The largest absolute Gasteiger partial charge is 0.573 e. The lowest BCUT2D eigenvalue weighted by Gasteiger charge is -2.34. The molecule has 1 atom stereocenters. The van der Waals surface area contributed by atoms with Gasteiger partial charge < -0.3 is 15.2 Å². The standard InChI is InChI=1S/C13H17F3N2O2/c14-13(15,16)20-11-3-1-10(2-4-11)12(9-17)18-5-7-19-8-6-18/h1-4,12H,5-9,17H2/t12-/m1/s1. The van der Waals surface area contributed by atoms with Crippen molar-refractivity contribution in [3.63, 3.8) is 0 Å². The lowest BCUT2D eigenvalue weighted by atomic mass is 10.0. The minimum atomic E-state index is -4.67. The van der Waals surface area contributed by atoms with E-state index in [1.165, 1.54) is 12.1 Å². The second kappa shape index (κ2) is 6.43. The molecule has 4 nitrogen and oxygen atoms in total. The summed E-state index contributed by atoms with van der Waals surface area (Å²) in [4.78, 5) is 2.17. The van der Waals surface area contributed by atoms with Crippen LogP contribution in [-0.2, 0) is 4.74 Å². The highest BCUT2D eigenvalue weighted by Crippen LogP contribution is 2.26. The van der Waals surface area contributed by atoms with Crippen LogP contribution >= 0.6 is 0 Å². The van der Waals surface area contributed by atoms with E-state index in [-0.39, 0.29) is 11.8 Å². The molecule has 2 N–H and O–H groups in total. The summed E-state index contributed by atoms with van der Waals surface area (Å²) in [6.45, 7) is 3.22. The molecule has 0 bridgehead atoms. The van der Waals surface area contributed by atoms with Gasteiger partial charge in [0.25, 0.3) is 0 Å². The van der Waals surface area contributed by atoms with E-state index >= 15 is 0 Å². The van der Waals surface area contributed by atoms with Crippen molar-refractivity contribution in [2.45, 2.75) is 12.4 Å². The van der Waals surface area contributed by atoms with Crippen molar-refractivity contribution < 1.29 is 22.6 Å². The van der Waals surface area contributed by atoms with Gasteiger partial charge in [0.1, 0.15) is 5.75 Å². The summed E-state index contributed by atoms with van der Waals surface area (Å²) in [5.41, 5.74) is 6.66. The molecule has 0 aromatic heterocycles. The van der Waals surface area contributed by atoms with Gasteiger partial charge in [0.15, 0.2) is 0 Å². The SMILES string of the molecule is NC[C@H](c1ccc(OC(F)(F)F)cc1)N1CCOCC1. The molecule has 1 aliphatic heterocycles. The number of rotatable bonds is 4. The quantitative estimate of drug-likeness (QED) is 0.920. The molecule has 1 heterocycles. The fourth-order valence-electron chi connectivity index (χ4n) is 2.28. The molecule has 0 aliphatic carbocycles. The molecule has 0 radical (unpaired) electrons. The van der Waals surface area contributed by atoms with Gasteiger partial charge in [0, 0.05) is 25.7 Å². The fourth-order valence-corrected chi connectivity index (χ4v) is 2.28. The number of hydrogen-bond acceptors (Lipinski definition) is 4. The third-order valence-corrected chi connectivity index (χ3v) is 3.21. The van der Waals surface area contributed by atoms with Gasteiger partial charge in [-0.3, -0.25) is 4.90 Å². The number of nitrogens with zero attached hydrogens (tertiary/aromatic N) is 1. The Hall–Kier alpha value is -1.31. The number of morpholine rings is 1. The van der Waals surface area contributed by atoms with E-state index in [2.05, 4.69) is 9.64 Å². The first-order valence-corrected chi connectivity index (χ1v) is 6.37. The Kier molecular flexibility index (Phi) is 4.85. The first kappa shape index (κ1) is 15.1. The third-order valence-electron chi connectivity index (χ3n) is 3.21. The Balaban J connectivity index is 2.06. The zero-order chi connectivity index (χ0) is 14.6. The molecule has 1 aromatic rings. The number of halogens is 3. The van der Waals surface area contributed by atoms with Crippen molar-refractivity contribution >= 4 is 0 Å². The zero-order valence-corrected chi connectivity index (χ0v) is 10.9. The van der Waals surface area contributed by atoms with Crippen LogP contribution < -0.4 is 10.5 Å². The van der Waals surface area contributed by atoms with Crippen molar-refractivity contribution in [2.24, 2.45) is 5.73 Å². The Morgan fingerprint density at radius 2 is 1.80 bits per heavy atom. The Morgan fingerprint density at radius 1 is 1.20 bits per heavy atom. The lowest BCUT2D eigenvalue weighted by Crippen LogP contribution is -2.41. The monoisotopic (exact) mass is 290 g/mol. The van der Waals surface area contributed by atoms with Gasteiger partial charge in [-0.05, 0) is 17.7 Å². The van der Waals surface area contributed by atoms with E-state index in [0.29, 0.717) is 19.8 Å². The van der Waals surface area contributed by atoms with E-state index < -0.39 is 6.36 Å². The second-order valence-corrected chi connectivity index (χ2v) is 4.52. The van der Waals surface area contributed by atoms with Crippen LogP contribution in [0, 0.1) is 0 Å². The summed E-state index contributed by atoms with van der Waals surface area (Å²) in [6, 6.07) is 5.85. The Bertz CT molecular complexity index is 417. The van der Waals surface area contributed by atoms with E-state index in [1.54, 1.807) is 12.1 Å². The molecular weight excluding hydrogens is 273 g/mol. The minimum Gasteiger partial charge on any atom is -0.406 e. The number of nitrogens with two attached hydrogens (primary N) is 1. The molecule has 0 unspecified atom stereocenters. The summed E-state index contributed by atoms with van der Waals surface area (Å²) < 4.78 is 45.4. The van der Waals surface area contributed by atoms with E-state index in [1.807, 2.05) is 0 Å². The van der Waals surface area contributed by atoms with Crippen molar-refractivity contribution in [2.75, 3.05) is 32.8 Å². The molecule has 1 aliphatic rings. The van der Waals surface area contributed by atoms with Crippen LogP contribution in [0.2, 0.25) is 0 Å². The lowest BCUT2D eigenvalue weighted by molar-refractivity contribution is -0.274. The fraction of sp³-hybridized carbons (Fsp3) is 0.538. The first-order valence-electron chi connectivity index (χ1n) is 6.37. The first-order chi connectivity index (χ1) is 9.49. The van der Waals surface area contributed by atoms with Crippen LogP contribution in [0.1, 0.15) is 11.6 Å². The predicted octanol–water partition coefficient (Wildman–Crippen LogP) is 1.92. The van der Waals surface area contributed by atoms with Gasteiger partial charge in [-0.1, -0.05) is 12.1 Å². The van der Waals surface area contributed by atoms with Gasteiger partial charge in [-0.15, -0.1) is 13.2 Å². The zero-order valence-electron chi connectivity index (χ0n) is 10.9. The van der Waals surface area contributed by atoms with Crippen LogP contribution in [0.3, 0.4) is 0 Å². The highest BCUT2D eigenvalue weighted by atomic mass is 19.4. The van der Waals surface area contributed by atoms with Gasteiger partial charge in [-0.25, -0.2) is 0 Å². The molecule has 1 saturated heterocycles. The molecule has 7 heteroatoms. The third kappa shape index (κ3) is 4.09. The average molecular weight is 290 g/mol. The maximum absolute atomic E-state index is 12.1. The summed E-state index contributed by atoms with van der Waals surface area (Å²) in [5, 5.41) is 0. The molecule has 20 heavy (non-hydrogen) atoms. The maximum atomic E-state index is 12.1. The Morgan fingerprint density at radius 3 is 2.30 bits per heavy atom. The summed E-state index contributed by atoms with van der Waals surface area (Å²) >= 11 is 0. The van der Waals surface area contributed by atoms with E-state index in [0.717, 1.165) is 18.7 Å². The normalized spacial score (nSPS) is 18.8. The molecule has 112 valence electrons. The molecule has 2 rings (SSSR count). The maximum Gasteiger partial charge on any atom is 0.573 e. The van der Waals surface area contributed by atoms with Crippen molar-refractivity contribution in [1.29, 1.82) is 0 Å². The van der Waals surface area contributed by atoms with E-state index in [4.69, 9.17) is 10.5 Å². The average Bonchev–Trinajstić information content (AvgIpc) is 2.41. The van der Waals surface area contributed by atoms with Gasteiger partial charge in [0.2, 0.25) is 0 Å². The van der Waals surface area contributed by atoms with Crippen molar-refractivity contribution in [3.05, 3.63) is 29.8 Å². The van der Waals surface area contributed by atoms with Crippen LogP contribution in [0.15, 0.2) is 24.3 Å². The van der Waals surface area contributed by atoms with Crippen LogP contribution in [0.5, 0.6) is 5.75 Å². The van der Waals surface area contributed by atoms with Crippen LogP contribution in [0.25, 0.3) is 0 Å². The number of ether oxygens (including phenoxy) is 2. The highest BCUT2D eigenvalue weighted by molar-refractivity contribution is 5.29. The summed E-state index contributed by atoms with van der Waals surface area (Å²) in [6.07, 6.45) is -4.67. The minimum absolute atomic E-state index is 0.0150. The molecule has 0 spiro atoms. The van der Waals surface area contributed by atoms with Gasteiger partial charge >= 0.3 is 6.36 Å². The highest BCUT2D eigenvalue weighted by Gasteiger charge is 2.31. The molecule has 0 amide bonds. The van der Waals surface area contributed by atoms with Crippen molar-refractivity contribution in [3.8, 4) is 5.75 Å². The number of alkyl halides is 3. The van der Waals surface area contributed by atoms with Crippen molar-refractivity contribution in [1.82, 2.24) is 4.90 Å². The van der Waals surface area contributed by atoms with Crippen LogP contribution in [-0.4, -0.2) is 44.1 Å². The van der Waals surface area contributed by atoms with Gasteiger partial charge in [-0.2, -0.15) is 0 Å². The topological polar surface area (TPSA) is 47.7 Å². The second-order valence-electron chi connectivity index (χ2n) is 4.52. The molecule has 1 fully saturated rings. The summed E-state index contributed by atoms with van der Waals surface area (Å²) in [7, 11) is 0. The molecule has 1 aromatic carbocycles. The molecular formula is C13H17F3N2O2. The number of hydrogen-bond donors (Lipinski definition) is 1. The Labute approximate surface area is 115 Å². The summed E-state index contributed by atoms with van der Waals surface area (Å²) in [5.74, 6) is -0.223. The smallest absolute Gasteiger partial charge is 0.406 e. The molecule has 0 saturated carbocycles. The number of benzene rings is 1. The predicted molar refractivity (Wildman–Crippen MR) is 67.3 cm³/mol. The van der Waals surface area contributed by atoms with Gasteiger partial charge in [0.05, 0.1) is 13.2 Å².